The van der Waals surface area contributed by atoms with Crippen LogP contribution in [0.1, 0.15) is 56.6 Å². The van der Waals surface area contributed by atoms with Crippen LogP contribution in [0.3, 0.4) is 0 Å². The Morgan fingerprint density at radius 2 is 1.76 bits per heavy atom. The summed E-state index contributed by atoms with van der Waals surface area (Å²) in [6.45, 7) is 0.921. The third-order valence-corrected chi connectivity index (χ3v) is 4.88. The molecule has 0 bridgehead atoms. The van der Waals surface area contributed by atoms with Crippen LogP contribution in [-0.2, 0) is 4.79 Å². The van der Waals surface area contributed by atoms with Gasteiger partial charge in [-0.05, 0) is 37.2 Å². The molecule has 0 aliphatic heterocycles. The van der Waals surface area contributed by atoms with E-state index in [0.29, 0.717) is 12.0 Å². The van der Waals surface area contributed by atoms with E-state index in [1.54, 1.807) is 0 Å². The molecule has 21 heavy (non-hydrogen) atoms. The van der Waals surface area contributed by atoms with Crippen molar-refractivity contribution < 1.29 is 4.79 Å². The first kappa shape index (κ1) is 14.6. The molecule has 2 aliphatic rings. The minimum absolute atomic E-state index is 0.120. The second-order valence-corrected chi connectivity index (χ2v) is 6.61. The van der Waals surface area contributed by atoms with E-state index in [4.69, 9.17) is 5.73 Å². The Morgan fingerprint density at radius 3 is 2.38 bits per heavy atom. The number of carbonyl (C=O) groups excluding carboxylic acids is 1. The number of rotatable bonds is 5. The molecule has 1 aromatic rings. The molecule has 0 unspecified atom stereocenters. The van der Waals surface area contributed by atoms with Gasteiger partial charge >= 0.3 is 0 Å². The molecular weight excluding hydrogens is 260 g/mol. The third-order valence-electron chi connectivity index (χ3n) is 4.88. The lowest BCUT2D eigenvalue weighted by molar-refractivity contribution is -0.134. The van der Waals surface area contributed by atoms with Crippen molar-refractivity contribution in [1.29, 1.82) is 0 Å². The molecule has 1 aromatic carbocycles. The first-order valence-corrected chi connectivity index (χ1v) is 8.36. The van der Waals surface area contributed by atoms with Crippen LogP contribution in [0, 0.1) is 5.92 Å². The van der Waals surface area contributed by atoms with Gasteiger partial charge in [-0.15, -0.1) is 0 Å². The van der Waals surface area contributed by atoms with Crippen molar-refractivity contribution in [2.45, 2.75) is 57.0 Å². The molecule has 2 N–H and O–H groups in total. The van der Waals surface area contributed by atoms with Crippen molar-refractivity contribution >= 4 is 5.91 Å². The zero-order valence-electron chi connectivity index (χ0n) is 12.7. The van der Waals surface area contributed by atoms with Gasteiger partial charge < -0.3 is 10.6 Å². The summed E-state index contributed by atoms with van der Waals surface area (Å²) in [5.74, 6) is 0.806. The largest absolute Gasteiger partial charge is 0.338 e. The molecule has 0 spiro atoms. The molecule has 1 atom stereocenters. The Kier molecular flexibility index (Phi) is 4.59. The number of hydrogen-bond acceptors (Lipinski definition) is 2. The van der Waals surface area contributed by atoms with Crippen molar-refractivity contribution in [1.82, 2.24) is 4.90 Å². The average molecular weight is 286 g/mol. The number of amides is 1. The Hall–Kier alpha value is -1.35. The molecule has 2 saturated carbocycles. The number of hydrogen-bond donors (Lipinski definition) is 1. The number of carbonyl (C=O) groups is 1. The summed E-state index contributed by atoms with van der Waals surface area (Å²) >= 11 is 0. The van der Waals surface area contributed by atoms with E-state index in [-0.39, 0.29) is 5.91 Å². The molecule has 0 radical (unpaired) electrons. The van der Waals surface area contributed by atoms with Crippen LogP contribution in [0.4, 0.5) is 0 Å². The zero-order valence-corrected chi connectivity index (χ0v) is 12.7. The third kappa shape index (κ3) is 3.65. The molecule has 0 saturated heterocycles. The first-order valence-electron chi connectivity index (χ1n) is 8.36. The van der Waals surface area contributed by atoms with Gasteiger partial charge in [-0.25, -0.2) is 0 Å². The highest BCUT2D eigenvalue weighted by Gasteiger charge is 2.36. The Labute approximate surface area is 127 Å². The van der Waals surface area contributed by atoms with Crippen LogP contribution in [0.15, 0.2) is 30.3 Å². The summed E-state index contributed by atoms with van der Waals surface area (Å²) in [4.78, 5) is 14.9. The van der Waals surface area contributed by atoms with Crippen molar-refractivity contribution in [3.8, 4) is 0 Å². The van der Waals surface area contributed by atoms with Gasteiger partial charge in [-0.1, -0.05) is 49.6 Å². The Morgan fingerprint density at radius 1 is 1.10 bits per heavy atom. The molecule has 3 heteroatoms. The maximum atomic E-state index is 12.8. The van der Waals surface area contributed by atoms with Crippen molar-refractivity contribution in [2.24, 2.45) is 11.7 Å². The quantitative estimate of drug-likeness (QED) is 0.903. The van der Waals surface area contributed by atoms with Crippen molar-refractivity contribution in [3.05, 3.63) is 35.9 Å². The van der Waals surface area contributed by atoms with Crippen LogP contribution < -0.4 is 5.73 Å². The van der Waals surface area contributed by atoms with E-state index in [2.05, 4.69) is 4.90 Å². The van der Waals surface area contributed by atoms with Gasteiger partial charge in [0.15, 0.2) is 0 Å². The number of nitrogens with two attached hydrogens (primary N) is 1. The Bertz CT molecular complexity index is 463. The number of nitrogens with zero attached hydrogens (tertiary/aromatic N) is 1. The van der Waals surface area contributed by atoms with Crippen LogP contribution in [0.5, 0.6) is 0 Å². The van der Waals surface area contributed by atoms with Crippen LogP contribution in [0.25, 0.3) is 0 Å². The summed E-state index contributed by atoms with van der Waals surface area (Å²) in [5.41, 5.74) is 7.15. The number of benzene rings is 1. The van der Waals surface area contributed by atoms with Crippen LogP contribution in [-0.4, -0.2) is 23.4 Å². The fourth-order valence-corrected chi connectivity index (χ4v) is 3.43. The molecular formula is C18H26N2O. The SMILES string of the molecule is N[C@@H](C(=O)N(CC1CCCCC1)C1CC1)c1ccccc1. The normalized spacial score (nSPS) is 21.0. The standard InChI is InChI=1S/C18H26N2O/c19-17(15-9-5-2-6-10-15)18(21)20(16-11-12-16)13-14-7-3-1-4-8-14/h2,5-6,9-10,14,16-17H,1,3-4,7-8,11-13,19H2/t17-/m1/s1. The molecule has 3 nitrogen and oxygen atoms in total. The van der Waals surface area contributed by atoms with Gasteiger partial charge in [-0.2, -0.15) is 0 Å². The van der Waals surface area contributed by atoms with E-state index >= 15 is 0 Å². The summed E-state index contributed by atoms with van der Waals surface area (Å²) in [6, 6.07) is 9.71. The molecule has 0 heterocycles. The maximum absolute atomic E-state index is 12.8. The molecule has 0 aromatic heterocycles. The highest BCUT2D eigenvalue weighted by molar-refractivity contribution is 5.83. The van der Waals surface area contributed by atoms with Gasteiger partial charge in [0.1, 0.15) is 6.04 Å². The second-order valence-electron chi connectivity index (χ2n) is 6.61. The Balaban J connectivity index is 1.66. The van der Waals surface area contributed by atoms with Gasteiger partial charge in [0.05, 0.1) is 0 Å². The lowest BCUT2D eigenvalue weighted by Crippen LogP contribution is -2.43. The monoisotopic (exact) mass is 286 g/mol. The summed E-state index contributed by atoms with van der Waals surface area (Å²) in [7, 11) is 0. The molecule has 3 rings (SSSR count). The van der Waals surface area contributed by atoms with E-state index in [1.165, 1.54) is 32.1 Å². The van der Waals surface area contributed by atoms with Crippen LogP contribution >= 0.6 is 0 Å². The zero-order chi connectivity index (χ0) is 14.7. The van der Waals surface area contributed by atoms with Gasteiger partial charge in [-0.3, -0.25) is 4.79 Å². The minimum Gasteiger partial charge on any atom is -0.338 e. The van der Waals surface area contributed by atoms with E-state index in [1.807, 2.05) is 30.3 Å². The van der Waals surface area contributed by atoms with Crippen molar-refractivity contribution in [2.75, 3.05) is 6.54 Å². The van der Waals surface area contributed by atoms with E-state index in [0.717, 1.165) is 24.9 Å². The lowest BCUT2D eigenvalue weighted by atomic mass is 9.88. The summed E-state index contributed by atoms with van der Waals surface area (Å²) in [5, 5.41) is 0. The average Bonchev–Trinajstić information content (AvgIpc) is 3.38. The van der Waals surface area contributed by atoms with E-state index < -0.39 is 6.04 Å². The van der Waals surface area contributed by atoms with Gasteiger partial charge in [0.25, 0.3) is 0 Å². The summed E-state index contributed by atoms with van der Waals surface area (Å²) < 4.78 is 0. The van der Waals surface area contributed by atoms with E-state index in [9.17, 15) is 4.79 Å². The molecule has 114 valence electrons. The minimum atomic E-state index is -0.504. The smallest absolute Gasteiger partial charge is 0.244 e. The maximum Gasteiger partial charge on any atom is 0.244 e. The van der Waals surface area contributed by atoms with Gasteiger partial charge in [0.2, 0.25) is 5.91 Å². The van der Waals surface area contributed by atoms with Gasteiger partial charge in [0, 0.05) is 12.6 Å². The highest BCUT2D eigenvalue weighted by Crippen LogP contribution is 2.32. The fraction of sp³-hybridized carbons (Fsp3) is 0.611. The highest BCUT2D eigenvalue weighted by atomic mass is 16.2. The van der Waals surface area contributed by atoms with Crippen molar-refractivity contribution in [3.63, 3.8) is 0 Å². The fourth-order valence-electron chi connectivity index (χ4n) is 3.43. The lowest BCUT2D eigenvalue weighted by Gasteiger charge is -2.31. The van der Waals surface area contributed by atoms with Crippen LogP contribution in [0.2, 0.25) is 0 Å². The topological polar surface area (TPSA) is 46.3 Å². The predicted octanol–water partition coefficient (Wildman–Crippen LogP) is 3.26. The molecule has 2 aliphatic carbocycles. The molecule has 1 amide bonds. The summed E-state index contributed by atoms with van der Waals surface area (Å²) in [6.07, 6.45) is 8.86. The molecule has 2 fully saturated rings. The first-order chi connectivity index (χ1) is 10.3. The second kappa shape index (κ2) is 6.61. The predicted molar refractivity (Wildman–Crippen MR) is 84.7 cm³/mol.